The van der Waals surface area contributed by atoms with Gasteiger partial charge in [-0.25, -0.2) is 9.97 Å². The monoisotopic (exact) mass is 382 g/mol. The molecule has 0 aliphatic rings. The Hall–Kier alpha value is -3.47. The summed E-state index contributed by atoms with van der Waals surface area (Å²) in [5.41, 5.74) is 6.24. The van der Waals surface area contributed by atoms with Gasteiger partial charge in [0.2, 0.25) is 0 Å². The highest BCUT2D eigenvalue weighted by molar-refractivity contribution is 6.02. The Morgan fingerprint density at radius 2 is 1.86 bits per heavy atom. The maximum atomic E-state index is 5.54. The van der Waals surface area contributed by atoms with E-state index in [4.69, 9.17) is 14.7 Å². The average Bonchev–Trinajstić information content (AvgIpc) is 3.07. The lowest BCUT2D eigenvalue weighted by Gasteiger charge is -2.08. The second kappa shape index (κ2) is 6.85. The van der Waals surface area contributed by atoms with E-state index in [1.54, 1.807) is 7.11 Å². The molecule has 0 bridgehead atoms. The number of imidazole rings is 1. The third-order valence-corrected chi connectivity index (χ3v) is 5.51. The van der Waals surface area contributed by atoms with Gasteiger partial charge >= 0.3 is 0 Å². The van der Waals surface area contributed by atoms with E-state index in [2.05, 4.69) is 59.9 Å². The number of benzene rings is 2. The number of hydrogen-bond acceptors (Lipinski definition) is 4. The van der Waals surface area contributed by atoms with Crippen LogP contribution in [0.3, 0.4) is 0 Å². The van der Waals surface area contributed by atoms with Crippen LogP contribution in [0.15, 0.2) is 54.7 Å². The Morgan fingerprint density at radius 1 is 0.966 bits per heavy atom. The number of pyridine rings is 2. The van der Waals surface area contributed by atoms with Crippen molar-refractivity contribution >= 4 is 32.8 Å². The van der Waals surface area contributed by atoms with Gasteiger partial charge in [0.25, 0.3) is 0 Å². The summed E-state index contributed by atoms with van der Waals surface area (Å²) >= 11 is 0. The molecule has 3 heterocycles. The molecule has 0 atom stereocenters. The summed E-state index contributed by atoms with van der Waals surface area (Å²) in [6.45, 7) is 2.07. The molecule has 0 radical (unpaired) electrons. The average molecular weight is 382 g/mol. The summed E-state index contributed by atoms with van der Waals surface area (Å²) in [4.78, 5) is 14.2. The van der Waals surface area contributed by atoms with Gasteiger partial charge in [-0.2, -0.15) is 0 Å². The third-order valence-electron chi connectivity index (χ3n) is 5.51. The number of ether oxygens (including phenoxy) is 1. The van der Waals surface area contributed by atoms with E-state index in [9.17, 15) is 0 Å². The highest BCUT2D eigenvalue weighted by Crippen LogP contribution is 2.27. The molecule has 0 amide bonds. The van der Waals surface area contributed by atoms with Gasteiger partial charge in [0.15, 0.2) is 0 Å². The molecule has 2 aromatic carbocycles. The number of nitrogens with zero attached hydrogens (tertiary/aromatic N) is 4. The van der Waals surface area contributed by atoms with Crippen LogP contribution in [-0.4, -0.2) is 26.6 Å². The molecule has 144 valence electrons. The fraction of sp³-hybridized carbons (Fsp3) is 0.208. The summed E-state index contributed by atoms with van der Waals surface area (Å²) in [6, 6.07) is 16.6. The first-order valence-corrected chi connectivity index (χ1v) is 9.77. The van der Waals surface area contributed by atoms with Crippen molar-refractivity contribution in [1.82, 2.24) is 19.5 Å². The molecule has 0 saturated carbocycles. The Labute approximate surface area is 169 Å². The van der Waals surface area contributed by atoms with E-state index in [-0.39, 0.29) is 0 Å². The smallest absolute Gasteiger partial charge is 0.145 e. The molecule has 0 unspecified atom stereocenters. The lowest BCUT2D eigenvalue weighted by Crippen LogP contribution is -2.02. The normalized spacial score (nSPS) is 11.6. The minimum Gasteiger partial charge on any atom is -0.494 e. The van der Waals surface area contributed by atoms with Gasteiger partial charge in [0.1, 0.15) is 17.1 Å². The number of rotatable bonds is 4. The van der Waals surface area contributed by atoms with Crippen LogP contribution in [-0.2, 0) is 19.9 Å². The highest BCUT2D eigenvalue weighted by atomic mass is 16.5. The zero-order valence-electron chi connectivity index (χ0n) is 16.8. The first kappa shape index (κ1) is 17.6. The van der Waals surface area contributed by atoms with Crippen LogP contribution in [0.25, 0.3) is 32.8 Å². The third kappa shape index (κ3) is 2.99. The van der Waals surface area contributed by atoms with Gasteiger partial charge in [-0.3, -0.25) is 4.98 Å². The predicted octanol–water partition coefficient (Wildman–Crippen LogP) is 4.77. The summed E-state index contributed by atoms with van der Waals surface area (Å²) in [7, 11) is 3.77. The van der Waals surface area contributed by atoms with Crippen LogP contribution in [0.5, 0.6) is 5.75 Å². The largest absolute Gasteiger partial charge is 0.494 e. The lowest BCUT2D eigenvalue weighted by molar-refractivity contribution is 0.418. The molecule has 0 spiro atoms. The van der Waals surface area contributed by atoms with Crippen molar-refractivity contribution in [2.75, 3.05) is 7.11 Å². The molecule has 0 N–H and O–H groups in total. The number of aromatic nitrogens is 4. The summed E-state index contributed by atoms with van der Waals surface area (Å²) < 4.78 is 7.71. The fourth-order valence-electron chi connectivity index (χ4n) is 4.00. The van der Waals surface area contributed by atoms with Gasteiger partial charge in [-0.05, 0) is 61.4 Å². The van der Waals surface area contributed by atoms with E-state index in [0.717, 1.165) is 62.9 Å². The molecule has 3 aromatic heterocycles. The molecule has 5 heteroatoms. The van der Waals surface area contributed by atoms with Crippen molar-refractivity contribution in [3.8, 4) is 5.75 Å². The molecule has 5 nitrogen and oxygen atoms in total. The van der Waals surface area contributed by atoms with Gasteiger partial charge in [-0.1, -0.05) is 6.07 Å². The minimum absolute atomic E-state index is 0.819. The van der Waals surface area contributed by atoms with Crippen LogP contribution in [0, 0.1) is 6.92 Å². The van der Waals surface area contributed by atoms with Gasteiger partial charge < -0.3 is 9.30 Å². The summed E-state index contributed by atoms with van der Waals surface area (Å²) in [6.07, 6.45) is 3.46. The molecule has 0 fully saturated rings. The lowest BCUT2D eigenvalue weighted by atomic mass is 10.1. The maximum absolute atomic E-state index is 5.54. The van der Waals surface area contributed by atoms with Crippen LogP contribution >= 0.6 is 0 Å². The van der Waals surface area contributed by atoms with E-state index < -0.39 is 0 Å². The fourth-order valence-corrected chi connectivity index (χ4v) is 4.00. The van der Waals surface area contributed by atoms with Crippen molar-refractivity contribution in [1.29, 1.82) is 0 Å². The Morgan fingerprint density at radius 3 is 2.72 bits per heavy atom. The van der Waals surface area contributed by atoms with E-state index >= 15 is 0 Å². The van der Waals surface area contributed by atoms with Crippen molar-refractivity contribution in [2.45, 2.75) is 19.8 Å². The predicted molar refractivity (Wildman–Crippen MR) is 116 cm³/mol. The zero-order chi connectivity index (χ0) is 20.0. The van der Waals surface area contributed by atoms with Crippen LogP contribution in [0.4, 0.5) is 0 Å². The standard InChI is InChI=1S/C24H22N4O/c1-15-13-16-6-7-17(26-23(16)21(14-15)29-3)8-11-22-27-24-18-5-4-12-25-19(18)9-10-20(24)28(22)2/h4-7,9-10,12-14H,8,11H2,1-3H3. The molecule has 5 aromatic rings. The number of fused-ring (bicyclic) bond motifs is 4. The van der Waals surface area contributed by atoms with Crippen molar-refractivity contribution in [3.63, 3.8) is 0 Å². The maximum Gasteiger partial charge on any atom is 0.145 e. The summed E-state index contributed by atoms with van der Waals surface area (Å²) in [5.74, 6) is 1.87. The molecule has 0 saturated heterocycles. The number of aryl methyl sites for hydroxylation is 4. The summed E-state index contributed by atoms with van der Waals surface area (Å²) in [5, 5.41) is 2.20. The highest BCUT2D eigenvalue weighted by Gasteiger charge is 2.12. The Kier molecular flexibility index (Phi) is 4.16. The second-order valence-electron chi connectivity index (χ2n) is 7.43. The number of methoxy groups -OCH3 is 1. The molecular weight excluding hydrogens is 360 g/mol. The molecular formula is C24H22N4O. The van der Waals surface area contributed by atoms with Gasteiger partial charge in [-0.15, -0.1) is 0 Å². The van der Waals surface area contributed by atoms with Crippen LogP contribution in [0.2, 0.25) is 0 Å². The molecule has 5 rings (SSSR count). The van der Waals surface area contributed by atoms with E-state index in [1.807, 2.05) is 18.3 Å². The van der Waals surface area contributed by atoms with Crippen molar-refractivity contribution < 1.29 is 4.74 Å². The Balaban J connectivity index is 1.49. The first-order chi connectivity index (χ1) is 14.1. The topological polar surface area (TPSA) is 52.8 Å². The zero-order valence-corrected chi connectivity index (χ0v) is 16.8. The first-order valence-electron chi connectivity index (χ1n) is 9.77. The van der Waals surface area contributed by atoms with E-state index in [0.29, 0.717) is 0 Å². The molecule has 29 heavy (non-hydrogen) atoms. The minimum atomic E-state index is 0.819. The molecule has 0 aliphatic heterocycles. The van der Waals surface area contributed by atoms with Gasteiger partial charge in [0, 0.05) is 36.1 Å². The van der Waals surface area contributed by atoms with Crippen LogP contribution in [0.1, 0.15) is 17.1 Å². The molecule has 0 aliphatic carbocycles. The van der Waals surface area contributed by atoms with Crippen LogP contribution < -0.4 is 4.74 Å². The van der Waals surface area contributed by atoms with Gasteiger partial charge in [0.05, 0.1) is 23.7 Å². The van der Waals surface area contributed by atoms with Crippen molar-refractivity contribution in [2.24, 2.45) is 7.05 Å². The quantitative estimate of drug-likeness (QED) is 0.449. The second-order valence-corrected chi connectivity index (χ2v) is 7.43. The number of hydrogen-bond donors (Lipinski definition) is 0. The SMILES string of the molecule is COc1cc(C)cc2ccc(CCc3nc4c5cccnc5ccc4n3C)nc12. The van der Waals surface area contributed by atoms with Crippen molar-refractivity contribution in [3.05, 3.63) is 71.8 Å². The van der Waals surface area contributed by atoms with E-state index in [1.165, 1.54) is 5.56 Å². The Bertz CT molecular complexity index is 1370.